The molecular weight excluding hydrogens is 272 g/mol. The molecule has 3 unspecified atom stereocenters. The molecule has 0 aromatic carbocycles. The van der Waals surface area contributed by atoms with E-state index in [9.17, 15) is 5.11 Å². The van der Waals surface area contributed by atoms with Crippen LogP contribution in [0.1, 0.15) is 70.5 Å². The van der Waals surface area contributed by atoms with Gasteiger partial charge in [-0.25, -0.2) is 0 Å². The average molecular weight is 304 g/mol. The lowest BCUT2D eigenvalue weighted by Crippen LogP contribution is -2.27. The van der Waals surface area contributed by atoms with Crippen LogP contribution in [0, 0.1) is 11.8 Å². The molecule has 22 heavy (non-hydrogen) atoms. The SMILES string of the molecule is CC(C)CC(NCCCC1CCCCC1O)c1ccccn1. The Labute approximate surface area is 135 Å². The van der Waals surface area contributed by atoms with Crippen molar-refractivity contribution in [3.8, 4) is 0 Å². The number of nitrogens with zero attached hydrogens (tertiary/aromatic N) is 1. The van der Waals surface area contributed by atoms with Crippen LogP contribution in [0.3, 0.4) is 0 Å². The summed E-state index contributed by atoms with van der Waals surface area (Å²) in [5, 5.41) is 13.7. The van der Waals surface area contributed by atoms with Gasteiger partial charge in [-0.05, 0) is 62.6 Å². The van der Waals surface area contributed by atoms with Crippen molar-refractivity contribution in [1.29, 1.82) is 0 Å². The minimum Gasteiger partial charge on any atom is -0.393 e. The molecule has 2 rings (SSSR count). The van der Waals surface area contributed by atoms with E-state index in [1.165, 1.54) is 19.3 Å². The predicted molar refractivity (Wildman–Crippen MR) is 91.6 cm³/mol. The molecule has 2 N–H and O–H groups in total. The molecule has 0 amide bonds. The van der Waals surface area contributed by atoms with Crippen LogP contribution < -0.4 is 5.32 Å². The lowest BCUT2D eigenvalue weighted by molar-refractivity contribution is 0.0641. The molecule has 1 aromatic rings. The maximum absolute atomic E-state index is 10.0. The van der Waals surface area contributed by atoms with E-state index in [-0.39, 0.29) is 6.10 Å². The van der Waals surface area contributed by atoms with Crippen LogP contribution >= 0.6 is 0 Å². The molecule has 1 aromatic heterocycles. The summed E-state index contributed by atoms with van der Waals surface area (Å²) in [4.78, 5) is 4.51. The van der Waals surface area contributed by atoms with Crippen molar-refractivity contribution in [3.05, 3.63) is 30.1 Å². The summed E-state index contributed by atoms with van der Waals surface area (Å²) in [5.74, 6) is 1.17. The average Bonchev–Trinajstić information content (AvgIpc) is 2.52. The minimum absolute atomic E-state index is 0.0593. The zero-order valence-corrected chi connectivity index (χ0v) is 14.2. The molecule has 0 radical (unpaired) electrons. The van der Waals surface area contributed by atoms with E-state index in [1.807, 2.05) is 12.3 Å². The lowest BCUT2D eigenvalue weighted by Gasteiger charge is -2.28. The maximum atomic E-state index is 10.0. The Bertz CT molecular complexity index is 407. The highest BCUT2D eigenvalue weighted by molar-refractivity contribution is 5.08. The van der Waals surface area contributed by atoms with Crippen LogP contribution in [0.15, 0.2) is 24.4 Å². The van der Waals surface area contributed by atoms with E-state index in [4.69, 9.17) is 0 Å². The molecule has 1 heterocycles. The van der Waals surface area contributed by atoms with Crippen LogP contribution in [0.5, 0.6) is 0 Å². The predicted octanol–water partition coefficient (Wildman–Crippen LogP) is 4.09. The third-order valence-corrected chi connectivity index (χ3v) is 4.76. The highest BCUT2D eigenvalue weighted by Gasteiger charge is 2.22. The first-order chi connectivity index (χ1) is 10.7. The first kappa shape index (κ1) is 17.4. The second-order valence-corrected chi connectivity index (χ2v) is 7.14. The summed E-state index contributed by atoms with van der Waals surface area (Å²) >= 11 is 0. The Morgan fingerprint density at radius 2 is 2.09 bits per heavy atom. The molecule has 1 aliphatic carbocycles. The number of aliphatic hydroxyl groups is 1. The molecule has 3 heteroatoms. The molecule has 3 nitrogen and oxygen atoms in total. The van der Waals surface area contributed by atoms with Crippen molar-refractivity contribution in [2.75, 3.05) is 6.54 Å². The number of hydrogen-bond acceptors (Lipinski definition) is 3. The number of hydrogen-bond donors (Lipinski definition) is 2. The van der Waals surface area contributed by atoms with Gasteiger partial charge in [-0.15, -0.1) is 0 Å². The van der Waals surface area contributed by atoms with Gasteiger partial charge in [0.2, 0.25) is 0 Å². The van der Waals surface area contributed by atoms with Crippen molar-refractivity contribution < 1.29 is 5.11 Å². The van der Waals surface area contributed by atoms with Gasteiger partial charge < -0.3 is 10.4 Å². The molecule has 0 spiro atoms. The first-order valence-corrected chi connectivity index (χ1v) is 8.99. The van der Waals surface area contributed by atoms with Crippen molar-refractivity contribution >= 4 is 0 Å². The molecule has 1 aliphatic rings. The van der Waals surface area contributed by atoms with E-state index in [0.717, 1.165) is 37.9 Å². The van der Waals surface area contributed by atoms with E-state index >= 15 is 0 Å². The van der Waals surface area contributed by atoms with Crippen molar-refractivity contribution in [3.63, 3.8) is 0 Å². The van der Waals surface area contributed by atoms with Crippen molar-refractivity contribution in [2.45, 2.75) is 70.9 Å². The van der Waals surface area contributed by atoms with E-state index in [0.29, 0.717) is 17.9 Å². The summed E-state index contributed by atoms with van der Waals surface area (Å²) < 4.78 is 0. The third kappa shape index (κ3) is 5.69. The van der Waals surface area contributed by atoms with Gasteiger partial charge in [0.25, 0.3) is 0 Å². The topological polar surface area (TPSA) is 45.1 Å². The van der Waals surface area contributed by atoms with E-state index < -0.39 is 0 Å². The molecule has 1 fully saturated rings. The molecule has 0 bridgehead atoms. The van der Waals surface area contributed by atoms with Crippen molar-refractivity contribution in [1.82, 2.24) is 10.3 Å². The van der Waals surface area contributed by atoms with Gasteiger partial charge in [-0.2, -0.15) is 0 Å². The number of pyridine rings is 1. The molecular formula is C19H32N2O. The van der Waals surface area contributed by atoms with Gasteiger partial charge in [0.05, 0.1) is 11.8 Å². The monoisotopic (exact) mass is 304 g/mol. The van der Waals surface area contributed by atoms with Crippen LogP contribution in [0.4, 0.5) is 0 Å². The van der Waals surface area contributed by atoms with Gasteiger partial charge in [0.1, 0.15) is 0 Å². The van der Waals surface area contributed by atoms with Gasteiger partial charge in [-0.1, -0.05) is 32.8 Å². The van der Waals surface area contributed by atoms with Gasteiger partial charge in [0.15, 0.2) is 0 Å². The smallest absolute Gasteiger partial charge is 0.0573 e. The number of aromatic nitrogens is 1. The van der Waals surface area contributed by atoms with Crippen molar-refractivity contribution in [2.24, 2.45) is 11.8 Å². The standard InChI is InChI=1S/C19H32N2O/c1-15(2)14-18(17-10-5-6-12-20-17)21-13-7-9-16-8-3-4-11-19(16)22/h5-6,10,12,15-16,18-19,21-22H,3-4,7-9,11,13-14H2,1-2H3. The third-order valence-electron chi connectivity index (χ3n) is 4.76. The van der Waals surface area contributed by atoms with Crippen LogP contribution in [-0.2, 0) is 0 Å². The molecule has 124 valence electrons. The van der Waals surface area contributed by atoms with Crippen LogP contribution in [0.2, 0.25) is 0 Å². The van der Waals surface area contributed by atoms with Crippen LogP contribution in [0.25, 0.3) is 0 Å². The Hall–Kier alpha value is -0.930. The highest BCUT2D eigenvalue weighted by Crippen LogP contribution is 2.28. The largest absolute Gasteiger partial charge is 0.393 e. The summed E-state index contributed by atoms with van der Waals surface area (Å²) in [6.07, 6.45) is 9.92. The summed E-state index contributed by atoms with van der Waals surface area (Å²) in [6, 6.07) is 6.50. The highest BCUT2D eigenvalue weighted by atomic mass is 16.3. The van der Waals surface area contributed by atoms with E-state index in [2.05, 4.69) is 36.3 Å². The second kappa shape index (κ2) is 9.26. The Morgan fingerprint density at radius 1 is 1.27 bits per heavy atom. The lowest BCUT2D eigenvalue weighted by atomic mass is 9.83. The number of aliphatic hydroxyl groups excluding tert-OH is 1. The van der Waals surface area contributed by atoms with Gasteiger partial charge in [0, 0.05) is 12.2 Å². The molecule has 0 saturated heterocycles. The molecule has 0 aliphatic heterocycles. The normalized spacial score (nSPS) is 23.6. The van der Waals surface area contributed by atoms with E-state index in [1.54, 1.807) is 0 Å². The fourth-order valence-electron chi connectivity index (χ4n) is 3.53. The zero-order chi connectivity index (χ0) is 15.8. The van der Waals surface area contributed by atoms with Crippen LogP contribution in [-0.4, -0.2) is 22.7 Å². The Balaban J connectivity index is 1.76. The number of nitrogens with one attached hydrogen (secondary N) is 1. The van der Waals surface area contributed by atoms with Gasteiger partial charge >= 0.3 is 0 Å². The summed E-state index contributed by atoms with van der Waals surface area (Å²) in [5.41, 5.74) is 1.15. The summed E-state index contributed by atoms with van der Waals surface area (Å²) in [7, 11) is 0. The first-order valence-electron chi connectivity index (χ1n) is 8.99. The van der Waals surface area contributed by atoms with Gasteiger partial charge in [-0.3, -0.25) is 4.98 Å². The molecule has 3 atom stereocenters. The second-order valence-electron chi connectivity index (χ2n) is 7.14. The quantitative estimate of drug-likeness (QED) is 0.711. The number of rotatable bonds is 8. The minimum atomic E-state index is -0.0593. The summed E-state index contributed by atoms with van der Waals surface area (Å²) in [6.45, 7) is 5.53. The fourth-order valence-corrected chi connectivity index (χ4v) is 3.53. The Kier molecular flexibility index (Phi) is 7.34. The Morgan fingerprint density at radius 3 is 2.77 bits per heavy atom. The zero-order valence-electron chi connectivity index (χ0n) is 14.2. The fraction of sp³-hybridized carbons (Fsp3) is 0.737. The molecule has 1 saturated carbocycles. The maximum Gasteiger partial charge on any atom is 0.0573 e.